The lowest BCUT2D eigenvalue weighted by Crippen LogP contribution is -2.17. The standard InChI is InChI=1S/C11H14BrN5O2/c1-3-17-6-7(12)5-8(17)9(18)13-10-14-11(16-15-10)19-4-2/h5-6H,3-4H2,1-2H3,(H2,13,14,15,16,18). The molecular weight excluding hydrogens is 314 g/mol. The molecule has 2 N–H and O–H groups in total. The summed E-state index contributed by atoms with van der Waals surface area (Å²) in [5.74, 6) is 0.000161. The zero-order chi connectivity index (χ0) is 13.8. The first-order chi connectivity index (χ1) is 9.13. The molecule has 102 valence electrons. The van der Waals surface area contributed by atoms with Gasteiger partial charge in [0, 0.05) is 17.2 Å². The highest BCUT2D eigenvalue weighted by molar-refractivity contribution is 9.10. The molecule has 0 bridgehead atoms. The van der Waals surface area contributed by atoms with Crippen LogP contribution in [0.4, 0.5) is 5.95 Å². The molecule has 0 unspecified atom stereocenters. The van der Waals surface area contributed by atoms with E-state index in [0.29, 0.717) is 18.8 Å². The summed E-state index contributed by atoms with van der Waals surface area (Å²) in [4.78, 5) is 16.1. The van der Waals surface area contributed by atoms with Crippen LogP contribution in [-0.4, -0.2) is 32.3 Å². The SMILES string of the molecule is CCOc1n[nH]c(NC(=O)c2cc(Br)cn2CC)n1. The molecule has 0 aromatic carbocycles. The van der Waals surface area contributed by atoms with Gasteiger partial charge in [-0.1, -0.05) is 0 Å². The van der Waals surface area contributed by atoms with Gasteiger partial charge in [0.05, 0.1) is 6.61 Å². The summed E-state index contributed by atoms with van der Waals surface area (Å²) in [5.41, 5.74) is 0.545. The van der Waals surface area contributed by atoms with Crippen LogP contribution in [0.15, 0.2) is 16.7 Å². The fourth-order valence-electron chi connectivity index (χ4n) is 1.59. The number of nitrogens with one attached hydrogen (secondary N) is 2. The van der Waals surface area contributed by atoms with Gasteiger partial charge in [-0.25, -0.2) is 5.10 Å². The van der Waals surface area contributed by atoms with Gasteiger partial charge >= 0.3 is 6.01 Å². The zero-order valence-corrected chi connectivity index (χ0v) is 12.2. The molecule has 8 heteroatoms. The minimum absolute atomic E-state index is 0.213. The van der Waals surface area contributed by atoms with Crippen LogP contribution in [0.3, 0.4) is 0 Å². The van der Waals surface area contributed by atoms with Crippen LogP contribution in [0.2, 0.25) is 0 Å². The molecule has 0 aliphatic heterocycles. The average molecular weight is 328 g/mol. The van der Waals surface area contributed by atoms with Gasteiger partial charge in [-0.15, -0.1) is 5.10 Å². The summed E-state index contributed by atoms with van der Waals surface area (Å²) in [6.45, 7) is 4.97. The number of hydrogen-bond donors (Lipinski definition) is 2. The monoisotopic (exact) mass is 327 g/mol. The van der Waals surface area contributed by atoms with Crippen molar-refractivity contribution in [2.45, 2.75) is 20.4 Å². The van der Waals surface area contributed by atoms with Crippen molar-refractivity contribution in [2.75, 3.05) is 11.9 Å². The quantitative estimate of drug-likeness (QED) is 0.880. The number of aryl methyl sites for hydroxylation is 1. The minimum atomic E-state index is -0.258. The van der Waals surface area contributed by atoms with Crippen molar-refractivity contribution in [1.29, 1.82) is 0 Å². The fourth-order valence-corrected chi connectivity index (χ4v) is 2.06. The van der Waals surface area contributed by atoms with Crippen LogP contribution in [0.5, 0.6) is 6.01 Å². The second-order valence-corrected chi connectivity index (χ2v) is 4.60. The molecule has 2 heterocycles. The highest BCUT2D eigenvalue weighted by Crippen LogP contribution is 2.16. The Morgan fingerprint density at radius 1 is 1.58 bits per heavy atom. The Kier molecular flexibility index (Phi) is 4.20. The van der Waals surface area contributed by atoms with E-state index in [1.54, 1.807) is 6.07 Å². The van der Waals surface area contributed by atoms with E-state index in [-0.39, 0.29) is 17.9 Å². The van der Waals surface area contributed by atoms with Gasteiger partial charge in [0.25, 0.3) is 5.91 Å². The van der Waals surface area contributed by atoms with Gasteiger partial charge in [0.2, 0.25) is 5.95 Å². The number of hydrogen-bond acceptors (Lipinski definition) is 4. The lowest BCUT2D eigenvalue weighted by Gasteiger charge is -2.04. The lowest BCUT2D eigenvalue weighted by atomic mass is 10.4. The number of rotatable bonds is 5. The predicted octanol–water partition coefficient (Wildman–Crippen LogP) is 2.04. The van der Waals surface area contributed by atoms with Crippen molar-refractivity contribution in [3.8, 4) is 6.01 Å². The van der Waals surface area contributed by atoms with Crippen LogP contribution in [0, 0.1) is 0 Å². The molecule has 2 rings (SSSR count). The lowest BCUT2D eigenvalue weighted by molar-refractivity contribution is 0.101. The number of ether oxygens (including phenoxy) is 1. The van der Waals surface area contributed by atoms with Crippen LogP contribution in [0.25, 0.3) is 0 Å². The number of aromatic nitrogens is 4. The fraction of sp³-hybridized carbons (Fsp3) is 0.364. The third kappa shape index (κ3) is 3.14. The number of nitrogens with zero attached hydrogens (tertiary/aromatic N) is 3. The van der Waals surface area contributed by atoms with Crippen LogP contribution >= 0.6 is 15.9 Å². The molecule has 1 amide bonds. The number of carbonyl (C=O) groups excluding carboxylic acids is 1. The van der Waals surface area contributed by atoms with E-state index in [4.69, 9.17) is 4.74 Å². The van der Waals surface area contributed by atoms with Gasteiger partial charge in [-0.05, 0) is 35.8 Å². The van der Waals surface area contributed by atoms with Crippen molar-refractivity contribution in [2.24, 2.45) is 0 Å². The molecule has 0 spiro atoms. The van der Waals surface area contributed by atoms with Gasteiger partial charge in [-0.3, -0.25) is 10.1 Å². The third-order valence-corrected chi connectivity index (χ3v) is 2.84. The van der Waals surface area contributed by atoms with Crippen molar-refractivity contribution in [1.82, 2.24) is 19.7 Å². The molecule has 19 heavy (non-hydrogen) atoms. The van der Waals surface area contributed by atoms with E-state index in [1.807, 2.05) is 24.6 Å². The second kappa shape index (κ2) is 5.87. The van der Waals surface area contributed by atoms with Crippen LogP contribution in [-0.2, 0) is 6.54 Å². The Balaban J connectivity index is 2.11. The zero-order valence-electron chi connectivity index (χ0n) is 10.6. The molecule has 2 aromatic heterocycles. The Morgan fingerprint density at radius 3 is 3.05 bits per heavy atom. The van der Waals surface area contributed by atoms with E-state index < -0.39 is 0 Å². The Hall–Kier alpha value is -1.83. The van der Waals surface area contributed by atoms with Gasteiger partial charge in [0.15, 0.2) is 0 Å². The summed E-state index contributed by atoms with van der Waals surface area (Å²) >= 11 is 3.35. The summed E-state index contributed by atoms with van der Waals surface area (Å²) in [6.07, 6.45) is 1.85. The van der Waals surface area contributed by atoms with Crippen molar-refractivity contribution in [3.05, 3.63) is 22.4 Å². The van der Waals surface area contributed by atoms with Gasteiger partial charge < -0.3 is 9.30 Å². The molecular formula is C11H14BrN5O2. The number of amides is 1. The van der Waals surface area contributed by atoms with Crippen LogP contribution in [0.1, 0.15) is 24.3 Å². The predicted molar refractivity (Wildman–Crippen MR) is 73.3 cm³/mol. The summed E-state index contributed by atoms with van der Waals surface area (Å²) in [5, 5.41) is 9.04. The maximum atomic E-state index is 12.1. The normalized spacial score (nSPS) is 10.5. The summed E-state index contributed by atoms with van der Waals surface area (Å²) in [6, 6.07) is 1.96. The molecule has 0 aliphatic rings. The molecule has 0 saturated carbocycles. The second-order valence-electron chi connectivity index (χ2n) is 3.68. The Labute approximate surface area is 118 Å². The molecule has 7 nitrogen and oxygen atoms in total. The van der Waals surface area contributed by atoms with Crippen molar-refractivity contribution < 1.29 is 9.53 Å². The molecule has 0 radical (unpaired) electrons. The number of H-pyrrole nitrogens is 1. The Bertz CT molecular complexity index is 577. The van der Waals surface area contributed by atoms with Crippen LogP contribution < -0.4 is 10.1 Å². The smallest absolute Gasteiger partial charge is 0.337 e. The number of aromatic amines is 1. The maximum absolute atomic E-state index is 12.1. The highest BCUT2D eigenvalue weighted by Gasteiger charge is 2.14. The molecule has 0 atom stereocenters. The van der Waals surface area contributed by atoms with E-state index in [2.05, 4.69) is 36.4 Å². The first kappa shape index (κ1) is 13.6. The first-order valence-electron chi connectivity index (χ1n) is 5.86. The third-order valence-electron chi connectivity index (χ3n) is 2.41. The first-order valence-corrected chi connectivity index (χ1v) is 6.65. The average Bonchev–Trinajstić information content (AvgIpc) is 2.96. The number of halogens is 1. The summed E-state index contributed by atoms with van der Waals surface area (Å²) in [7, 11) is 0. The molecule has 2 aromatic rings. The molecule has 0 aliphatic carbocycles. The van der Waals surface area contributed by atoms with E-state index in [1.165, 1.54) is 0 Å². The maximum Gasteiger partial charge on any atom is 0.337 e. The van der Waals surface area contributed by atoms with E-state index >= 15 is 0 Å². The van der Waals surface area contributed by atoms with E-state index in [0.717, 1.165) is 4.47 Å². The minimum Gasteiger partial charge on any atom is -0.463 e. The van der Waals surface area contributed by atoms with Gasteiger partial charge in [-0.2, -0.15) is 4.98 Å². The van der Waals surface area contributed by atoms with Crippen molar-refractivity contribution in [3.63, 3.8) is 0 Å². The largest absolute Gasteiger partial charge is 0.463 e. The Morgan fingerprint density at radius 2 is 2.37 bits per heavy atom. The molecule has 0 fully saturated rings. The highest BCUT2D eigenvalue weighted by atomic mass is 79.9. The number of carbonyl (C=O) groups is 1. The van der Waals surface area contributed by atoms with Crippen molar-refractivity contribution >= 4 is 27.8 Å². The summed E-state index contributed by atoms with van der Waals surface area (Å²) < 4.78 is 7.79. The van der Waals surface area contributed by atoms with Gasteiger partial charge in [0.1, 0.15) is 5.69 Å². The number of anilines is 1. The van der Waals surface area contributed by atoms with E-state index in [9.17, 15) is 4.79 Å². The topological polar surface area (TPSA) is 84.8 Å². The molecule has 0 saturated heterocycles.